The summed E-state index contributed by atoms with van der Waals surface area (Å²) >= 11 is 0. The molecule has 2 aromatic rings. The summed E-state index contributed by atoms with van der Waals surface area (Å²) in [6, 6.07) is 14.1. The Kier molecular flexibility index (Phi) is 6.05. The van der Waals surface area contributed by atoms with Crippen molar-refractivity contribution in [3.8, 4) is 11.8 Å². The average Bonchev–Trinajstić information content (AvgIpc) is 2.77. The van der Waals surface area contributed by atoms with E-state index in [9.17, 15) is 18.0 Å². The number of nitrogens with zero attached hydrogens (tertiary/aromatic N) is 3. The fraction of sp³-hybridized carbons (Fsp3) is 0.250. The molecule has 0 aromatic heterocycles. The number of anilines is 1. The van der Waals surface area contributed by atoms with E-state index in [1.807, 2.05) is 6.07 Å². The average molecular weight is 428 g/mol. The van der Waals surface area contributed by atoms with Crippen molar-refractivity contribution >= 4 is 27.5 Å². The Bertz CT molecular complexity index is 1110. The van der Waals surface area contributed by atoms with Gasteiger partial charge in [-0.3, -0.25) is 9.59 Å². The number of likely N-dealkylation sites (N-methyl/N-ethyl adjacent to an activating group) is 2. The van der Waals surface area contributed by atoms with Crippen molar-refractivity contribution in [2.75, 3.05) is 32.1 Å². The van der Waals surface area contributed by atoms with Gasteiger partial charge in [-0.15, -0.1) is 0 Å². The summed E-state index contributed by atoms with van der Waals surface area (Å²) in [5.41, 5.74) is 0.796. The van der Waals surface area contributed by atoms with Gasteiger partial charge >= 0.3 is 0 Å². The molecule has 0 aliphatic carbocycles. The summed E-state index contributed by atoms with van der Waals surface area (Å²) in [5.74, 6) is -0.525. The van der Waals surface area contributed by atoms with Gasteiger partial charge in [0.05, 0.1) is 35.3 Å². The van der Waals surface area contributed by atoms with Gasteiger partial charge in [-0.25, -0.2) is 8.42 Å². The van der Waals surface area contributed by atoms with Crippen LogP contribution >= 0.6 is 0 Å². The maximum atomic E-state index is 13.0. The van der Waals surface area contributed by atoms with Crippen LogP contribution in [0.2, 0.25) is 0 Å². The van der Waals surface area contributed by atoms with Crippen LogP contribution in [0.3, 0.4) is 0 Å². The number of fused-ring (bicyclic) bond motifs is 1. The van der Waals surface area contributed by atoms with Gasteiger partial charge in [-0.1, -0.05) is 12.1 Å². The van der Waals surface area contributed by atoms with Crippen LogP contribution < -0.4 is 15.0 Å². The molecular formula is C20H20N4O5S. The number of benzene rings is 2. The van der Waals surface area contributed by atoms with Gasteiger partial charge < -0.3 is 15.0 Å². The molecule has 0 spiro atoms. The quantitative estimate of drug-likeness (QED) is 0.749. The first-order valence-electron chi connectivity index (χ1n) is 9.02. The Balaban J connectivity index is 1.83. The predicted octanol–water partition coefficient (Wildman–Crippen LogP) is 0.719. The van der Waals surface area contributed by atoms with Gasteiger partial charge in [-0.05, 0) is 36.4 Å². The summed E-state index contributed by atoms with van der Waals surface area (Å²) in [7, 11) is -1.18. The lowest BCUT2D eigenvalue weighted by molar-refractivity contribution is -0.127. The maximum Gasteiger partial charge on any atom is 0.262 e. The molecule has 2 amide bonds. The summed E-state index contributed by atoms with van der Waals surface area (Å²) in [4.78, 5) is 26.4. The van der Waals surface area contributed by atoms with Crippen LogP contribution in [0.5, 0.6) is 5.75 Å². The molecule has 2 aromatic carbocycles. The Hall–Kier alpha value is -3.42. The lowest BCUT2D eigenvalue weighted by Gasteiger charge is -2.34. The first kappa shape index (κ1) is 21.3. The molecule has 1 unspecified atom stereocenters. The highest BCUT2D eigenvalue weighted by Gasteiger charge is 2.34. The summed E-state index contributed by atoms with van der Waals surface area (Å²) in [6.45, 7) is -0.475. The number of sulfonamides is 1. The van der Waals surface area contributed by atoms with Crippen LogP contribution in [0.4, 0.5) is 5.69 Å². The molecule has 1 aliphatic heterocycles. The monoisotopic (exact) mass is 428 g/mol. The first-order chi connectivity index (χ1) is 14.3. The van der Waals surface area contributed by atoms with Gasteiger partial charge in [0, 0.05) is 14.1 Å². The molecule has 0 bridgehead atoms. The highest BCUT2D eigenvalue weighted by atomic mass is 32.2. The second kappa shape index (κ2) is 8.52. The van der Waals surface area contributed by atoms with E-state index in [0.717, 1.165) is 4.31 Å². The van der Waals surface area contributed by atoms with Crippen LogP contribution in [0.15, 0.2) is 53.4 Å². The molecule has 1 heterocycles. The third-order valence-corrected chi connectivity index (χ3v) is 6.48. The molecule has 3 rings (SSSR count). The van der Waals surface area contributed by atoms with Crippen molar-refractivity contribution in [3.63, 3.8) is 0 Å². The molecule has 0 fully saturated rings. The molecule has 30 heavy (non-hydrogen) atoms. The summed E-state index contributed by atoms with van der Waals surface area (Å²) < 4.78 is 32.2. The fourth-order valence-corrected chi connectivity index (χ4v) is 4.13. The van der Waals surface area contributed by atoms with Crippen LogP contribution in [-0.2, 0) is 19.6 Å². The minimum Gasteiger partial charge on any atom is -0.477 e. The Morgan fingerprint density at radius 3 is 2.53 bits per heavy atom. The van der Waals surface area contributed by atoms with E-state index in [2.05, 4.69) is 5.32 Å². The number of nitrogens with one attached hydrogen (secondary N) is 1. The molecule has 9 nitrogen and oxygen atoms in total. The number of carbonyl (C=O) groups is 2. The van der Waals surface area contributed by atoms with Crippen molar-refractivity contribution in [3.05, 3.63) is 54.1 Å². The predicted molar refractivity (Wildman–Crippen MR) is 108 cm³/mol. The lowest BCUT2D eigenvalue weighted by Crippen LogP contribution is -2.52. The summed E-state index contributed by atoms with van der Waals surface area (Å²) in [6.07, 6.45) is -0.908. The molecule has 1 atom stereocenters. The molecule has 1 N–H and O–H groups in total. The number of ether oxygens (including phenoxy) is 1. The highest BCUT2D eigenvalue weighted by molar-refractivity contribution is 7.89. The van der Waals surface area contributed by atoms with Gasteiger partial charge in [-0.2, -0.15) is 9.57 Å². The Morgan fingerprint density at radius 2 is 1.90 bits per heavy atom. The second-order valence-electron chi connectivity index (χ2n) is 6.59. The van der Waals surface area contributed by atoms with Crippen LogP contribution in [-0.4, -0.2) is 57.8 Å². The smallest absolute Gasteiger partial charge is 0.262 e. The number of hydrogen-bond acceptors (Lipinski definition) is 6. The third kappa shape index (κ3) is 4.12. The molecule has 10 heteroatoms. The van der Waals surface area contributed by atoms with E-state index in [4.69, 9.17) is 10.00 Å². The Morgan fingerprint density at radius 1 is 1.23 bits per heavy atom. The van der Waals surface area contributed by atoms with Gasteiger partial charge in [0.25, 0.3) is 5.91 Å². The molecule has 1 aliphatic rings. The van der Waals surface area contributed by atoms with E-state index >= 15 is 0 Å². The molecule has 0 radical (unpaired) electrons. The van der Waals surface area contributed by atoms with E-state index in [1.54, 1.807) is 24.3 Å². The van der Waals surface area contributed by atoms with Crippen LogP contribution in [0, 0.1) is 11.3 Å². The van der Waals surface area contributed by atoms with Crippen molar-refractivity contribution in [1.82, 2.24) is 9.62 Å². The lowest BCUT2D eigenvalue weighted by atomic mass is 10.1. The van der Waals surface area contributed by atoms with Crippen LogP contribution in [0.25, 0.3) is 0 Å². The molecule has 156 valence electrons. The maximum absolute atomic E-state index is 13.0. The SMILES string of the molecule is CNC(=O)C1CN(C(=O)CN(C)S(=O)(=O)c2ccc(C#N)cc2)c2ccccc2O1. The van der Waals surface area contributed by atoms with Gasteiger partial charge in [0.15, 0.2) is 6.10 Å². The van der Waals surface area contributed by atoms with E-state index in [1.165, 1.54) is 43.3 Å². The minimum absolute atomic E-state index is 0.0255. The fourth-order valence-electron chi connectivity index (χ4n) is 3.01. The first-order valence-corrected chi connectivity index (χ1v) is 10.5. The topological polar surface area (TPSA) is 120 Å². The zero-order valence-corrected chi connectivity index (χ0v) is 17.2. The largest absolute Gasteiger partial charge is 0.477 e. The van der Waals surface area contributed by atoms with Crippen molar-refractivity contribution in [1.29, 1.82) is 5.26 Å². The Labute approximate surface area is 174 Å². The minimum atomic E-state index is -3.94. The molecular weight excluding hydrogens is 408 g/mol. The second-order valence-corrected chi connectivity index (χ2v) is 8.63. The number of para-hydroxylation sites is 2. The number of nitriles is 1. The zero-order valence-electron chi connectivity index (χ0n) is 16.4. The molecule has 0 saturated carbocycles. The van der Waals surface area contributed by atoms with Gasteiger partial charge in [0.2, 0.25) is 15.9 Å². The number of amides is 2. The van der Waals surface area contributed by atoms with E-state index in [0.29, 0.717) is 17.0 Å². The van der Waals surface area contributed by atoms with E-state index in [-0.39, 0.29) is 17.3 Å². The van der Waals surface area contributed by atoms with Gasteiger partial charge in [0.1, 0.15) is 5.75 Å². The van der Waals surface area contributed by atoms with E-state index < -0.39 is 28.6 Å². The number of rotatable bonds is 5. The number of hydrogen-bond donors (Lipinski definition) is 1. The molecule has 0 saturated heterocycles. The highest BCUT2D eigenvalue weighted by Crippen LogP contribution is 2.33. The van der Waals surface area contributed by atoms with Crippen LogP contribution in [0.1, 0.15) is 5.56 Å². The zero-order chi connectivity index (χ0) is 21.9. The standard InChI is InChI=1S/C20H20N4O5S/c1-22-20(26)18-12-24(16-5-3-4-6-17(16)29-18)19(25)13-23(2)30(27,28)15-9-7-14(11-21)8-10-15/h3-10,18H,12-13H2,1-2H3,(H,22,26). The van der Waals surface area contributed by atoms with Crippen molar-refractivity contribution in [2.24, 2.45) is 0 Å². The van der Waals surface area contributed by atoms with Crippen molar-refractivity contribution in [2.45, 2.75) is 11.0 Å². The summed E-state index contributed by atoms with van der Waals surface area (Å²) in [5, 5.41) is 11.4. The normalized spacial score (nSPS) is 15.7. The number of carbonyl (C=O) groups excluding carboxylic acids is 2. The van der Waals surface area contributed by atoms with Crippen molar-refractivity contribution < 1.29 is 22.7 Å². The third-order valence-electron chi connectivity index (χ3n) is 4.66.